The van der Waals surface area contributed by atoms with Crippen LogP contribution in [-0.2, 0) is 10.0 Å². The van der Waals surface area contributed by atoms with Gasteiger partial charge in [0.1, 0.15) is 0 Å². The van der Waals surface area contributed by atoms with E-state index in [1.165, 1.54) is 18.2 Å². The molecule has 0 amide bonds. The van der Waals surface area contributed by atoms with Crippen molar-refractivity contribution >= 4 is 43.4 Å². The number of hydrogen-bond acceptors (Lipinski definition) is 4. The number of nitrogens with zero attached hydrogens (tertiary/aromatic N) is 2. The topological polar surface area (TPSA) is 96.0 Å². The van der Waals surface area contributed by atoms with E-state index in [9.17, 15) is 8.42 Å². The summed E-state index contributed by atoms with van der Waals surface area (Å²) in [6.45, 7) is 3.21. The Labute approximate surface area is 131 Å². The van der Waals surface area contributed by atoms with Crippen molar-refractivity contribution in [3.63, 3.8) is 0 Å². The number of rotatable bonds is 5. The molecule has 0 heterocycles. The van der Waals surface area contributed by atoms with Gasteiger partial charge in [-0.25, -0.2) is 8.42 Å². The highest BCUT2D eigenvalue weighted by Gasteiger charge is 2.28. The van der Waals surface area contributed by atoms with E-state index in [-0.39, 0.29) is 23.3 Å². The third-order valence-corrected chi connectivity index (χ3v) is 5.75. The molecule has 9 heteroatoms. The van der Waals surface area contributed by atoms with Gasteiger partial charge in [-0.1, -0.05) is 16.8 Å². The maximum Gasteiger partial charge on any atom is 0.243 e. The first-order valence-electron chi connectivity index (χ1n) is 5.63. The molecule has 0 atom stereocenters. The van der Waals surface area contributed by atoms with Crippen LogP contribution in [0.1, 0.15) is 13.8 Å². The number of sulfonamides is 1. The highest BCUT2D eigenvalue weighted by Crippen LogP contribution is 2.27. The molecule has 1 aromatic rings. The van der Waals surface area contributed by atoms with Crippen molar-refractivity contribution < 1.29 is 13.6 Å². The molecule has 1 aromatic carbocycles. The van der Waals surface area contributed by atoms with Crippen molar-refractivity contribution in [2.24, 2.45) is 10.9 Å². The minimum atomic E-state index is -3.77. The molecule has 0 aliphatic carbocycles. The van der Waals surface area contributed by atoms with Crippen LogP contribution < -0.4 is 5.73 Å². The van der Waals surface area contributed by atoms with E-state index >= 15 is 0 Å². The van der Waals surface area contributed by atoms with Crippen LogP contribution in [0.2, 0.25) is 5.02 Å². The molecular weight excluding hydrogens is 370 g/mol. The second-order valence-corrected chi connectivity index (χ2v) is 7.46. The summed E-state index contributed by atoms with van der Waals surface area (Å²) in [6.07, 6.45) is 0. The van der Waals surface area contributed by atoms with Gasteiger partial charge in [0, 0.05) is 10.5 Å². The zero-order valence-corrected chi connectivity index (χ0v) is 14.1. The number of amidine groups is 1. The SMILES string of the molecule is CC(C)N(C/C(N)=N/O)S(=O)(=O)c1ccc(Cl)c(Br)c1. The number of hydrogen-bond donors (Lipinski definition) is 2. The van der Waals surface area contributed by atoms with Gasteiger partial charge in [-0.3, -0.25) is 0 Å². The van der Waals surface area contributed by atoms with Crippen LogP contribution >= 0.6 is 27.5 Å². The number of halogens is 2. The molecule has 0 fully saturated rings. The third kappa shape index (κ3) is 3.85. The predicted molar refractivity (Wildman–Crippen MR) is 81.6 cm³/mol. The average Bonchev–Trinajstić information content (AvgIpc) is 2.37. The Hall–Kier alpha value is -0.830. The Morgan fingerprint density at radius 2 is 2.15 bits per heavy atom. The molecule has 20 heavy (non-hydrogen) atoms. The maximum absolute atomic E-state index is 12.6. The fourth-order valence-corrected chi connectivity index (χ4v) is 3.79. The lowest BCUT2D eigenvalue weighted by molar-refractivity contribution is 0.312. The molecule has 0 aromatic heterocycles. The normalized spacial score (nSPS) is 13.2. The van der Waals surface area contributed by atoms with E-state index < -0.39 is 10.0 Å². The van der Waals surface area contributed by atoms with Gasteiger partial charge < -0.3 is 10.9 Å². The summed E-state index contributed by atoms with van der Waals surface area (Å²) < 4.78 is 26.7. The van der Waals surface area contributed by atoms with Crippen LogP contribution in [0.3, 0.4) is 0 Å². The molecule has 112 valence electrons. The standard InChI is InChI=1S/C11H15BrClN3O3S/c1-7(2)16(6-11(14)15-17)20(18,19)8-3-4-10(13)9(12)5-8/h3-5,7,17H,6H2,1-2H3,(H2,14,15). The van der Waals surface area contributed by atoms with Gasteiger partial charge in [-0.05, 0) is 48.0 Å². The lowest BCUT2D eigenvalue weighted by Gasteiger charge is -2.25. The van der Waals surface area contributed by atoms with Crippen LogP contribution in [-0.4, -0.2) is 36.4 Å². The highest BCUT2D eigenvalue weighted by molar-refractivity contribution is 9.10. The van der Waals surface area contributed by atoms with Gasteiger partial charge in [-0.15, -0.1) is 0 Å². The van der Waals surface area contributed by atoms with Crippen molar-refractivity contribution in [1.29, 1.82) is 0 Å². The Bertz CT molecular complexity index is 619. The zero-order valence-electron chi connectivity index (χ0n) is 10.9. The monoisotopic (exact) mass is 383 g/mol. The van der Waals surface area contributed by atoms with E-state index in [0.717, 1.165) is 4.31 Å². The summed E-state index contributed by atoms with van der Waals surface area (Å²) >= 11 is 9.04. The van der Waals surface area contributed by atoms with E-state index in [1.54, 1.807) is 13.8 Å². The van der Waals surface area contributed by atoms with Crippen molar-refractivity contribution in [3.8, 4) is 0 Å². The molecular formula is C11H15BrClN3O3S. The molecule has 0 saturated carbocycles. The molecule has 0 aliphatic rings. The Balaban J connectivity index is 3.26. The number of oxime groups is 1. The largest absolute Gasteiger partial charge is 0.409 e. The van der Waals surface area contributed by atoms with Gasteiger partial charge in [-0.2, -0.15) is 4.31 Å². The molecule has 1 rings (SSSR count). The van der Waals surface area contributed by atoms with Gasteiger partial charge in [0.15, 0.2) is 5.84 Å². The molecule has 0 aliphatic heterocycles. The lowest BCUT2D eigenvalue weighted by Crippen LogP contribution is -2.42. The fourth-order valence-electron chi connectivity index (χ4n) is 1.51. The van der Waals surface area contributed by atoms with Crippen molar-refractivity contribution in [2.75, 3.05) is 6.54 Å². The second kappa shape index (κ2) is 6.75. The highest BCUT2D eigenvalue weighted by atomic mass is 79.9. The summed E-state index contributed by atoms with van der Waals surface area (Å²) in [4.78, 5) is 0.0771. The van der Waals surface area contributed by atoms with Crippen LogP contribution in [0.25, 0.3) is 0 Å². The molecule has 6 nitrogen and oxygen atoms in total. The third-order valence-electron chi connectivity index (χ3n) is 2.52. The lowest BCUT2D eigenvalue weighted by atomic mass is 10.4. The molecule has 0 spiro atoms. The minimum absolute atomic E-state index is 0.0771. The van der Waals surface area contributed by atoms with Crippen molar-refractivity contribution in [3.05, 3.63) is 27.7 Å². The molecule has 3 N–H and O–H groups in total. The van der Waals surface area contributed by atoms with Crippen molar-refractivity contribution in [1.82, 2.24) is 4.31 Å². The fraction of sp³-hybridized carbons (Fsp3) is 0.364. The van der Waals surface area contributed by atoms with Gasteiger partial charge >= 0.3 is 0 Å². The minimum Gasteiger partial charge on any atom is -0.409 e. The van der Waals surface area contributed by atoms with Gasteiger partial charge in [0.05, 0.1) is 16.5 Å². The van der Waals surface area contributed by atoms with E-state index in [4.69, 9.17) is 22.5 Å². The van der Waals surface area contributed by atoms with Crippen molar-refractivity contribution in [2.45, 2.75) is 24.8 Å². The summed E-state index contributed by atoms with van der Waals surface area (Å²) in [7, 11) is -3.77. The average molecular weight is 385 g/mol. The Morgan fingerprint density at radius 1 is 1.55 bits per heavy atom. The molecule has 0 unspecified atom stereocenters. The molecule has 0 saturated heterocycles. The summed E-state index contributed by atoms with van der Waals surface area (Å²) in [5, 5.41) is 11.8. The second-order valence-electron chi connectivity index (χ2n) is 4.31. The van der Waals surface area contributed by atoms with Crippen LogP contribution in [0, 0.1) is 0 Å². The van der Waals surface area contributed by atoms with Crippen LogP contribution in [0.4, 0.5) is 0 Å². The Kier molecular flexibility index (Phi) is 5.81. The molecule has 0 radical (unpaired) electrons. The van der Waals surface area contributed by atoms with Crippen LogP contribution in [0.15, 0.2) is 32.7 Å². The predicted octanol–water partition coefficient (Wildman–Crippen LogP) is 2.25. The number of benzene rings is 1. The maximum atomic E-state index is 12.6. The smallest absolute Gasteiger partial charge is 0.243 e. The first kappa shape index (κ1) is 17.2. The quantitative estimate of drug-likeness (QED) is 0.352. The summed E-state index contributed by atoms with van der Waals surface area (Å²) in [5.41, 5.74) is 5.40. The summed E-state index contributed by atoms with van der Waals surface area (Å²) in [5.74, 6) is -0.185. The van der Waals surface area contributed by atoms with Gasteiger partial charge in [0.2, 0.25) is 10.0 Å². The first-order valence-corrected chi connectivity index (χ1v) is 8.24. The van der Waals surface area contributed by atoms with Crippen LogP contribution in [0.5, 0.6) is 0 Å². The Morgan fingerprint density at radius 3 is 2.60 bits per heavy atom. The van der Waals surface area contributed by atoms with E-state index in [2.05, 4.69) is 21.1 Å². The van der Waals surface area contributed by atoms with Gasteiger partial charge in [0.25, 0.3) is 0 Å². The van der Waals surface area contributed by atoms with E-state index in [1.807, 2.05) is 0 Å². The zero-order chi connectivity index (χ0) is 15.5. The summed E-state index contributed by atoms with van der Waals surface area (Å²) in [6, 6.07) is 3.96. The first-order chi connectivity index (χ1) is 9.20. The number of nitrogens with two attached hydrogens (primary N) is 1. The van der Waals surface area contributed by atoms with E-state index in [0.29, 0.717) is 9.50 Å². The molecule has 0 bridgehead atoms.